The van der Waals surface area contributed by atoms with Gasteiger partial charge >= 0.3 is 0 Å². The van der Waals surface area contributed by atoms with Gasteiger partial charge in [0, 0.05) is 0 Å². The third-order valence-electron chi connectivity index (χ3n) is 2.46. The number of hydrogen-bond acceptors (Lipinski definition) is 4. The van der Waals surface area contributed by atoms with Gasteiger partial charge in [0.25, 0.3) is 0 Å². The molecule has 0 aliphatic rings. The molecule has 4 nitrogen and oxygen atoms in total. The quantitative estimate of drug-likeness (QED) is 0.837. The molecule has 0 aliphatic carbocycles. The highest BCUT2D eigenvalue weighted by atomic mass is 32.2. The second-order valence-corrected chi connectivity index (χ2v) is 6.74. The van der Waals surface area contributed by atoms with Gasteiger partial charge in [-0.25, -0.2) is 8.42 Å². The van der Waals surface area contributed by atoms with Crippen LogP contribution in [-0.4, -0.2) is 31.1 Å². The fourth-order valence-corrected chi connectivity index (χ4v) is 1.99. The van der Waals surface area contributed by atoms with E-state index in [2.05, 4.69) is 0 Å². The summed E-state index contributed by atoms with van der Waals surface area (Å²) < 4.78 is 28.3. The van der Waals surface area contributed by atoms with E-state index < -0.39 is 9.84 Å². The molecule has 5 heteroatoms. The van der Waals surface area contributed by atoms with Crippen LogP contribution in [0.3, 0.4) is 0 Å². The largest absolute Gasteiger partial charge is 0.493 e. The first kappa shape index (κ1) is 14.0. The van der Waals surface area contributed by atoms with Crippen molar-refractivity contribution in [3.8, 4) is 5.75 Å². The third-order valence-corrected chi connectivity index (χ3v) is 4.63. The van der Waals surface area contributed by atoms with E-state index >= 15 is 0 Å². The minimum Gasteiger partial charge on any atom is -0.493 e. The van der Waals surface area contributed by atoms with Gasteiger partial charge in [0.2, 0.25) is 0 Å². The number of aliphatic hydroxyl groups excluding tert-OH is 1. The zero-order chi connectivity index (χ0) is 12.9. The van der Waals surface area contributed by atoms with Gasteiger partial charge < -0.3 is 9.84 Å². The van der Waals surface area contributed by atoms with Crippen LogP contribution < -0.4 is 4.74 Å². The molecule has 0 aromatic heterocycles. The highest BCUT2D eigenvalue weighted by molar-refractivity contribution is 7.91. The molecule has 1 rings (SSSR count). The minimum atomic E-state index is -3.05. The highest BCUT2D eigenvalue weighted by Crippen LogP contribution is 2.12. The molecular weight excluding hydrogens is 240 g/mol. The second kappa shape index (κ2) is 6.02. The number of sulfone groups is 1. The molecule has 0 bridgehead atoms. The number of rotatable bonds is 6. The summed E-state index contributed by atoms with van der Waals surface area (Å²) in [5.41, 5.74) is 0.798. The minimum absolute atomic E-state index is 0.0119. The SMILES string of the molecule is CC(C)S(=O)(=O)CCOc1ccc(CO)cc1. The summed E-state index contributed by atoms with van der Waals surface area (Å²) in [6.07, 6.45) is 0. The van der Waals surface area contributed by atoms with Crippen molar-refractivity contribution in [2.45, 2.75) is 25.7 Å². The van der Waals surface area contributed by atoms with Gasteiger partial charge in [0.1, 0.15) is 12.4 Å². The van der Waals surface area contributed by atoms with Crippen molar-refractivity contribution in [2.75, 3.05) is 12.4 Å². The molecule has 0 amide bonds. The Morgan fingerprint density at radius 3 is 2.29 bits per heavy atom. The second-order valence-electron chi connectivity index (χ2n) is 4.07. The molecular formula is C12H18O4S. The van der Waals surface area contributed by atoms with Crippen LogP contribution in [0.15, 0.2) is 24.3 Å². The lowest BCUT2D eigenvalue weighted by atomic mass is 10.2. The van der Waals surface area contributed by atoms with Gasteiger partial charge in [0.05, 0.1) is 17.6 Å². The number of benzene rings is 1. The van der Waals surface area contributed by atoms with E-state index in [1.165, 1.54) is 0 Å². The standard InChI is InChI=1S/C12H18O4S/c1-10(2)17(14,15)8-7-16-12-5-3-11(9-13)4-6-12/h3-6,10,13H,7-9H2,1-2H3. The lowest BCUT2D eigenvalue weighted by Gasteiger charge is -2.09. The first-order valence-electron chi connectivity index (χ1n) is 5.50. The van der Waals surface area contributed by atoms with E-state index in [4.69, 9.17) is 9.84 Å². The summed E-state index contributed by atoms with van der Waals surface area (Å²) in [6, 6.07) is 6.92. The van der Waals surface area contributed by atoms with Gasteiger partial charge in [-0.3, -0.25) is 0 Å². The van der Waals surface area contributed by atoms with E-state index in [0.717, 1.165) is 5.56 Å². The maximum atomic E-state index is 11.5. The number of aliphatic hydroxyl groups is 1. The summed E-state index contributed by atoms with van der Waals surface area (Å²) in [5, 5.41) is 8.48. The molecule has 0 fully saturated rings. The molecule has 1 aromatic carbocycles. The smallest absolute Gasteiger partial charge is 0.155 e. The molecule has 1 N–H and O–H groups in total. The van der Waals surface area contributed by atoms with Crippen LogP contribution in [0, 0.1) is 0 Å². The normalized spacial score (nSPS) is 11.8. The zero-order valence-corrected chi connectivity index (χ0v) is 10.9. The van der Waals surface area contributed by atoms with Crippen molar-refractivity contribution < 1.29 is 18.3 Å². The molecule has 0 atom stereocenters. The van der Waals surface area contributed by atoms with Crippen LogP contribution in [0.1, 0.15) is 19.4 Å². The lowest BCUT2D eigenvalue weighted by molar-refractivity contribution is 0.281. The lowest BCUT2D eigenvalue weighted by Crippen LogP contribution is -2.21. The average molecular weight is 258 g/mol. The van der Waals surface area contributed by atoms with Crippen LogP contribution in [0.5, 0.6) is 5.75 Å². The van der Waals surface area contributed by atoms with Crippen LogP contribution in [0.2, 0.25) is 0 Å². The zero-order valence-electron chi connectivity index (χ0n) is 10.1. The summed E-state index contributed by atoms with van der Waals surface area (Å²) in [4.78, 5) is 0. The molecule has 0 unspecified atom stereocenters. The van der Waals surface area contributed by atoms with Crippen molar-refractivity contribution in [1.82, 2.24) is 0 Å². The Hall–Kier alpha value is -1.07. The molecule has 17 heavy (non-hydrogen) atoms. The van der Waals surface area contributed by atoms with E-state index in [0.29, 0.717) is 5.75 Å². The summed E-state index contributed by atoms with van der Waals surface area (Å²) >= 11 is 0. The fraction of sp³-hybridized carbons (Fsp3) is 0.500. The van der Waals surface area contributed by atoms with Crippen molar-refractivity contribution in [3.05, 3.63) is 29.8 Å². The Labute approximate surface area is 102 Å². The molecule has 1 aromatic rings. The van der Waals surface area contributed by atoms with Crippen LogP contribution in [0.25, 0.3) is 0 Å². The molecule has 0 aliphatic heterocycles. The Morgan fingerprint density at radius 1 is 1.24 bits per heavy atom. The number of ether oxygens (including phenoxy) is 1. The summed E-state index contributed by atoms with van der Waals surface area (Å²) in [7, 11) is -3.05. The molecule has 0 saturated heterocycles. The van der Waals surface area contributed by atoms with Gasteiger partial charge in [-0.05, 0) is 31.5 Å². The van der Waals surface area contributed by atoms with Crippen LogP contribution >= 0.6 is 0 Å². The molecule has 0 radical (unpaired) electrons. The predicted octanol–water partition coefficient (Wildman–Crippen LogP) is 1.38. The maximum Gasteiger partial charge on any atom is 0.155 e. The van der Waals surface area contributed by atoms with E-state index in [1.807, 2.05) is 0 Å². The third kappa shape index (κ3) is 4.36. The molecule has 0 saturated carbocycles. The van der Waals surface area contributed by atoms with E-state index in [9.17, 15) is 8.42 Å². The van der Waals surface area contributed by atoms with E-state index in [-0.39, 0.29) is 24.2 Å². The van der Waals surface area contributed by atoms with E-state index in [1.54, 1.807) is 38.1 Å². The topological polar surface area (TPSA) is 63.6 Å². The van der Waals surface area contributed by atoms with Crippen molar-refractivity contribution >= 4 is 9.84 Å². The molecule has 96 valence electrons. The fourth-order valence-electron chi connectivity index (χ4n) is 1.20. The number of hydrogen-bond donors (Lipinski definition) is 1. The average Bonchev–Trinajstić information content (AvgIpc) is 2.29. The van der Waals surface area contributed by atoms with Crippen molar-refractivity contribution in [1.29, 1.82) is 0 Å². The van der Waals surface area contributed by atoms with Crippen LogP contribution in [-0.2, 0) is 16.4 Å². The molecule has 0 heterocycles. The monoisotopic (exact) mass is 258 g/mol. The van der Waals surface area contributed by atoms with Crippen LogP contribution in [0.4, 0.5) is 0 Å². The first-order chi connectivity index (χ1) is 7.95. The van der Waals surface area contributed by atoms with Gasteiger partial charge in [-0.1, -0.05) is 12.1 Å². The van der Waals surface area contributed by atoms with Gasteiger partial charge in [-0.15, -0.1) is 0 Å². The Kier molecular flexibility index (Phi) is 4.96. The van der Waals surface area contributed by atoms with Crippen molar-refractivity contribution in [2.24, 2.45) is 0 Å². The Balaban J connectivity index is 2.46. The Bertz CT molecular complexity index is 434. The first-order valence-corrected chi connectivity index (χ1v) is 7.21. The highest BCUT2D eigenvalue weighted by Gasteiger charge is 2.15. The van der Waals surface area contributed by atoms with Gasteiger partial charge in [-0.2, -0.15) is 0 Å². The Morgan fingerprint density at radius 2 is 1.82 bits per heavy atom. The van der Waals surface area contributed by atoms with Crippen molar-refractivity contribution in [3.63, 3.8) is 0 Å². The van der Waals surface area contributed by atoms with Gasteiger partial charge in [0.15, 0.2) is 9.84 Å². The summed E-state index contributed by atoms with van der Waals surface area (Å²) in [6.45, 7) is 3.46. The predicted molar refractivity (Wildman–Crippen MR) is 66.8 cm³/mol. The maximum absolute atomic E-state index is 11.5. The molecule has 0 spiro atoms. The summed E-state index contributed by atoms with van der Waals surface area (Å²) in [5.74, 6) is 0.632.